The summed E-state index contributed by atoms with van der Waals surface area (Å²) in [7, 11) is 1.72. The van der Waals surface area contributed by atoms with Crippen LogP contribution >= 0.6 is 0 Å². The first-order valence-corrected chi connectivity index (χ1v) is 5.22. The molecule has 84 valence electrons. The van der Waals surface area contributed by atoms with Crippen molar-refractivity contribution in [2.45, 2.75) is 25.4 Å². The first kappa shape index (κ1) is 10.5. The molecule has 2 atom stereocenters. The second kappa shape index (κ2) is 4.67. The maximum Gasteiger partial charge on any atom is 0.177 e. The zero-order chi connectivity index (χ0) is 10.7. The predicted molar refractivity (Wildman–Crippen MR) is 52.1 cm³/mol. The molecule has 2 rings (SSSR count). The molecule has 2 heterocycles. The van der Waals surface area contributed by atoms with Crippen LogP contribution < -0.4 is 0 Å². The van der Waals surface area contributed by atoms with Crippen molar-refractivity contribution in [3.8, 4) is 0 Å². The predicted octanol–water partition coefficient (Wildman–Crippen LogP) is -0.460. The van der Waals surface area contributed by atoms with Gasteiger partial charge in [-0.3, -0.25) is 0 Å². The highest BCUT2D eigenvalue weighted by Gasteiger charge is 2.20. The maximum atomic E-state index is 9.80. The maximum absolute atomic E-state index is 9.80. The quantitative estimate of drug-likeness (QED) is 0.731. The van der Waals surface area contributed by atoms with Gasteiger partial charge in [-0.05, 0) is 24.0 Å². The molecule has 6 nitrogen and oxygen atoms in total. The number of aliphatic hydroxyl groups is 1. The molecule has 1 N–H and O–H groups in total. The second-order valence-electron chi connectivity index (χ2n) is 4.02. The van der Waals surface area contributed by atoms with Crippen LogP contribution in [0.1, 0.15) is 18.7 Å². The summed E-state index contributed by atoms with van der Waals surface area (Å²) in [6, 6.07) is 0. The van der Waals surface area contributed by atoms with Gasteiger partial charge >= 0.3 is 0 Å². The van der Waals surface area contributed by atoms with Crippen LogP contribution in [0.15, 0.2) is 0 Å². The van der Waals surface area contributed by atoms with Crippen molar-refractivity contribution in [2.24, 2.45) is 13.0 Å². The third kappa shape index (κ3) is 2.97. The Morgan fingerprint density at radius 1 is 1.67 bits per heavy atom. The molecule has 1 aliphatic rings. The van der Waals surface area contributed by atoms with E-state index in [4.69, 9.17) is 4.74 Å². The Balaban J connectivity index is 1.78. The van der Waals surface area contributed by atoms with Crippen LogP contribution in [0.2, 0.25) is 0 Å². The lowest BCUT2D eigenvalue weighted by molar-refractivity contribution is 0.127. The number of aliphatic hydroxyl groups excluding tert-OH is 1. The van der Waals surface area contributed by atoms with Crippen molar-refractivity contribution in [2.75, 3.05) is 13.2 Å². The van der Waals surface area contributed by atoms with E-state index in [9.17, 15) is 5.11 Å². The van der Waals surface area contributed by atoms with E-state index in [1.54, 1.807) is 7.05 Å². The topological polar surface area (TPSA) is 73.1 Å². The van der Waals surface area contributed by atoms with Crippen LogP contribution in [0.4, 0.5) is 0 Å². The van der Waals surface area contributed by atoms with E-state index >= 15 is 0 Å². The molecule has 15 heavy (non-hydrogen) atoms. The third-order valence-electron chi connectivity index (χ3n) is 2.60. The van der Waals surface area contributed by atoms with E-state index in [1.807, 2.05) is 0 Å². The minimum absolute atomic E-state index is 0.388. The summed E-state index contributed by atoms with van der Waals surface area (Å²) >= 11 is 0. The molecule has 0 saturated carbocycles. The Morgan fingerprint density at radius 2 is 2.53 bits per heavy atom. The summed E-state index contributed by atoms with van der Waals surface area (Å²) in [6.45, 7) is 1.59. The van der Waals surface area contributed by atoms with Gasteiger partial charge in [0.25, 0.3) is 0 Å². The van der Waals surface area contributed by atoms with Gasteiger partial charge in [0.1, 0.15) is 0 Å². The van der Waals surface area contributed by atoms with Crippen molar-refractivity contribution in [1.82, 2.24) is 20.2 Å². The van der Waals surface area contributed by atoms with E-state index in [2.05, 4.69) is 15.4 Å². The Bertz CT molecular complexity index is 309. The molecule has 1 fully saturated rings. The van der Waals surface area contributed by atoms with Crippen molar-refractivity contribution in [1.29, 1.82) is 0 Å². The molecule has 2 unspecified atom stereocenters. The van der Waals surface area contributed by atoms with Crippen LogP contribution in [-0.4, -0.2) is 44.6 Å². The molecular weight excluding hydrogens is 196 g/mol. The molecule has 1 aromatic rings. The lowest BCUT2D eigenvalue weighted by Gasteiger charge is -2.12. The monoisotopic (exact) mass is 212 g/mol. The van der Waals surface area contributed by atoms with Crippen LogP contribution in [0, 0.1) is 5.92 Å². The van der Waals surface area contributed by atoms with E-state index < -0.39 is 0 Å². The normalized spacial score (nSPS) is 23.2. The zero-order valence-corrected chi connectivity index (χ0v) is 8.83. The molecule has 0 radical (unpaired) electrons. The number of hydrogen-bond donors (Lipinski definition) is 1. The molecule has 6 heteroatoms. The molecule has 0 aliphatic carbocycles. The Hall–Kier alpha value is -1.01. The van der Waals surface area contributed by atoms with Gasteiger partial charge in [0.15, 0.2) is 5.82 Å². The molecule has 1 aliphatic heterocycles. The highest BCUT2D eigenvalue weighted by molar-refractivity contribution is 4.82. The largest absolute Gasteiger partial charge is 0.393 e. The molecule has 0 aromatic carbocycles. The van der Waals surface area contributed by atoms with E-state index in [0.717, 1.165) is 26.1 Å². The van der Waals surface area contributed by atoms with E-state index in [1.165, 1.54) is 4.80 Å². The summed E-state index contributed by atoms with van der Waals surface area (Å²) in [6.07, 6.45) is 1.90. The first-order valence-electron chi connectivity index (χ1n) is 5.22. The fourth-order valence-electron chi connectivity index (χ4n) is 1.85. The minimum Gasteiger partial charge on any atom is -0.393 e. The minimum atomic E-state index is -0.388. The standard InChI is InChI=1S/C9H16N4O2/c1-13-11-9(10-12-13)5-8(14)4-7-2-3-15-6-7/h7-8,14H,2-6H2,1H3. The van der Waals surface area contributed by atoms with Crippen LogP contribution in [-0.2, 0) is 18.2 Å². The zero-order valence-electron chi connectivity index (χ0n) is 8.83. The number of rotatable bonds is 4. The van der Waals surface area contributed by atoms with Crippen molar-refractivity contribution in [3.63, 3.8) is 0 Å². The highest BCUT2D eigenvalue weighted by atomic mass is 16.5. The van der Waals surface area contributed by atoms with Gasteiger partial charge in [0, 0.05) is 19.6 Å². The van der Waals surface area contributed by atoms with Crippen molar-refractivity contribution >= 4 is 0 Å². The molecule has 0 spiro atoms. The van der Waals surface area contributed by atoms with E-state index in [0.29, 0.717) is 18.2 Å². The Labute approximate surface area is 88.2 Å². The second-order valence-corrected chi connectivity index (χ2v) is 4.02. The molecule has 1 aromatic heterocycles. The van der Waals surface area contributed by atoms with E-state index in [-0.39, 0.29) is 6.10 Å². The van der Waals surface area contributed by atoms with Crippen LogP contribution in [0.5, 0.6) is 0 Å². The molecular formula is C9H16N4O2. The van der Waals surface area contributed by atoms with Crippen LogP contribution in [0.3, 0.4) is 0 Å². The number of nitrogens with zero attached hydrogens (tertiary/aromatic N) is 4. The summed E-state index contributed by atoms with van der Waals surface area (Å²) in [5.74, 6) is 1.08. The molecule has 0 amide bonds. The summed E-state index contributed by atoms with van der Waals surface area (Å²) < 4.78 is 5.25. The van der Waals surface area contributed by atoms with Gasteiger partial charge in [0.2, 0.25) is 0 Å². The average molecular weight is 212 g/mol. The summed E-state index contributed by atoms with van der Waals surface area (Å²) in [5.41, 5.74) is 0. The number of aromatic nitrogens is 4. The number of aryl methyl sites for hydroxylation is 1. The molecule has 1 saturated heterocycles. The van der Waals surface area contributed by atoms with Gasteiger partial charge in [-0.15, -0.1) is 10.2 Å². The average Bonchev–Trinajstić information content (AvgIpc) is 2.77. The third-order valence-corrected chi connectivity index (χ3v) is 2.60. The Kier molecular flexibility index (Phi) is 3.27. The van der Waals surface area contributed by atoms with Crippen LogP contribution in [0.25, 0.3) is 0 Å². The van der Waals surface area contributed by atoms with Crippen molar-refractivity contribution < 1.29 is 9.84 Å². The number of tetrazole rings is 1. The number of hydrogen-bond acceptors (Lipinski definition) is 5. The van der Waals surface area contributed by atoms with Gasteiger partial charge < -0.3 is 9.84 Å². The SMILES string of the molecule is Cn1nnc(CC(O)CC2CCOC2)n1. The fraction of sp³-hybridized carbons (Fsp3) is 0.889. The Morgan fingerprint density at radius 3 is 3.13 bits per heavy atom. The van der Waals surface area contributed by atoms with Crippen molar-refractivity contribution in [3.05, 3.63) is 5.82 Å². The summed E-state index contributed by atoms with van der Waals surface area (Å²) in [5, 5.41) is 21.4. The fourth-order valence-corrected chi connectivity index (χ4v) is 1.85. The number of ether oxygens (including phenoxy) is 1. The smallest absolute Gasteiger partial charge is 0.177 e. The lowest BCUT2D eigenvalue weighted by atomic mass is 9.99. The van der Waals surface area contributed by atoms with Gasteiger partial charge in [0.05, 0.1) is 13.2 Å². The lowest BCUT2D eigenvalue weighted by Crippen LogP contribution is -2.17. The summed E-state index contributed by atoms with van der Waals surface area (Å²) in [4.78, 5) is 1.40. The highest BCUT2D eigenvalue weighted by Crippen LogP contribution is 2.19. The van der Waals surface area contributed by atoms with Gasteiger partial charge in [-0.25, -0.2) is 0 Å². The van der Waals surface area contributed by atoms with Gasteiger partial charge in [-0.1, -0.05) is 0 Å². The molecule has 0 bridgehead atoms. The van der Waals surface area contributed by atoms with Gasteiger partial charge in [-0.2, -0.15) is 4.80 Å². The first-order chi connectivity index (χ1) is 7.24.